The van der Waals surface area contributed by atoms with Crippen LogP contribution in [0.15, 0.2) is 6.07 Å². The molecule has 5 heteroatoms. The number of ether oxygens (including phenoxy) is 1. The van der Waals surface area contributed by atoms with Crippen molar-refractivity contribution >= 4 is 23.2 Å². The second-order valence-corrected chi connectivity index (χ2v) is 7.22. The molecule has 1 aromatic rings. The SMILES string of the molecule is CCc1sc(C(=O)OCC(=O)N[C@@H]2CCCC[C@@H]2C)cc1C. The zero-order valence-electron chi connectivity index (χ0n) is 13.6. The lowest BCUT2D eigenvalue weighted by Gasteiger charge is -2.29. The van der Waals surface area contributed by atoms with E-state index in [1.807, 2.05) is 13.0 Å². The second-order valence-electron chi connectivity index (χ2n) is 6.08. The number of thiophene rings is 1. The minimum absolute atomic E-state index is 0.194. The summed E-state index contributed by atoms with van der Waals surface area (Å²) >= 11 is 1.45. The summed E-state index contributed by atoms with van der Waals surface area (Å²) in [5, 5.41) is 2.99. The summed E-state index contributed by atoms with van der Waals surface area (Å²) in [6.07, 6.45) is 5.47. The van der Waals surface area contributed by atoms with Crippen LogP contribution in [-0.2, 0) is 16.0 Å². The molecule has 2 atom stereocenters. The van der Waals surface area contributed by atoms with E-state index in [0.29, 0.717) is 10.8 Å². The molecule has 1 aliphatic carbocycles. The van der Waals surface area contributed by atoms with Crippen molar-refractivity contribution in [2.45, 2.75) is 58.9 Å². The number of nitrogens with one attached hydrogen (secondary N) is 1. The lowest BCUT2D eigenvalue weighted by atomic mass is 9.86. The number of hydrogen-bond acceptors (Lipinski definition) is 4. The van der Waals surface area contributed by atoms with Gasteiger partial charge in [0.15, 0.2) is 6.61 Å². The monoisotopic (exact) mass is 323 g/mol. The Morgan fingerprint density at radius 3 is 2.73 bits per heavy atom. The van der Waals surface area contributed by atoms with E-state index in [0.717, 1.165) is 31.2 Å². The van der Waals surface area contributed by atoms with Crippen LogP contribution in [0.4, 0.5) is 0 Å². The van der Waals surface area contributed by atoms with Crippen LogP contribution in [0.1, 0.15) is 59.6 Å². The van der Waals surface area contributed by atoms with Crippen LogP contribution in [-0.4, -0.2) is 24.5 Å². The molecule has 0 radical (unpaired) electrons. The first kappa shape index (κ1) is 17.0. The van der Waals surface area contributed by atoms with Crippen LogP contribution in [0.2, 0.25) is 0 Å². The van der Waals surface area contributed by atoms with Gasteiger partial charge in [-0.3, -0.25) is 4.79 Å². The fraction of sp³-hybridized carbons (Fsp3) is 0.647. The third-order valence-corrected chi connectivity index (χ3v) is 5.70. The third-order valence-electron chi connectivity index (χ3n) is 4.34. The van der Waals surface area contributed by atoms with Gasteiger partial charge in [0, 0.05) is 10.9 Å². The van der Waals surface area contributed by atoms with Crippen molar-refractivity contribution in [3.05, 3.63) is 21.4 Å². The minimum Gasteiger partial charge on any atom is -0.451 e. The Hall–Kier alpha value is -1.36. The predicted molar refractivity (Wildman–Crippen MR) is 88.3 cm³/mol. The molecule has 1 N–H and O–H groups in total. The molecule has 0 bridgehead atoms. The summed E-state index contributed by atoms with van der Waals surface area (Å²) in [4.78, 5) is 25.7. The first-order chi connectivity index (χ1) is 10.5. The molecule has 1 aliphatic rings. The number of amides is 1. The summed E-state index contributed by atoms with van der Waals surface area (Å²) in [6.45, 7) is 6.02. The fourth-order valence-corrected chi connectivity index (χ4v) is 3.96. The highest BCUT2D eigenvalue weighted by Crippen LogP contribution is 2.24. The van der Waals surface area contributed by atoms with Crippen LogP contribution >= 0.6 is 11.3 Å². The molecule has 1 amide bonds. The number of esters is 1. The summed E-state index contributed by atoms with van der Waals surface area (Å²) in [6, 6.07) is 2.06. The maximum Gasteiger partial charge on any atom is 0.348 e. The zero-order valence-corrected chi connectivity index (χ0v) is 14.4. The molecule has 1 saturated carbocycles. The Labute approximate surface area is 136 Å². The number of aryl methyl sites for hydroxylation is 2. The van der Waals surface area contributed by atoms with E-state index in [1.54, 1.807) is 0 Å². The molecule has 0 saturated heterocycles. The van der Waals surface area contributed by atoms with Gasteiger partial charge in [-0.15, -0.1) is 11.3 Å². The lowest BCUT2D eigenvalue weighted by Crippen LogP contribution is -2.42. The quantitative estimate of drug-likeness (QED) is 0.844. The molecule has 1 fully saturated rings. The largest absolute Gasteiger partial charge is 0.451 e. The standard InChI is InChI=1S/C17H25NO3S/c1-4-14-12(3)9-15(22-14)17(20)21-10-16(19)18-13-8-6-5-7-11(13)2/h9,11,13H,4-8,10H2,1-3H3,(H,18,19)/t11-,13+/m0/s1. The van der Waals surface area contributed by atoms with Crippen molar-refractivity contribution in [1.82, 2.24) is 5.32 Å². The first-order valence-corrected chi connectivity index (χ1v) is 8.88. The van der Waals surface area contributed by atoms with E-state index in [1.165, 1.54) is 22.6 Å². The van der Waals surface area contributed by atoms with Crippen LogP contribution in [0.5, 0.6) is 0 Å². The average Bonchev–Trinajstić information content (AvgIpc) is 2.88. The van der Waals surface area contributed by atoms with Crippen molar-refractivity contribution in [3.8, 4) is 0 Å². The molecule has 0 spiro atoms. The minimum atomic E-state index is -0.403. The van der Waals surface area contributed by atoms with Crippen molar-refractivity contribution < 1.29 is 14.3 Å². The highest BCUT2D eigenvalue weighted by atomic mass is 32.1. The summed E-state index contributed by atoms with van der Waals surface area (Å²) in [5.74, 6) is -0.101. The summed E-state index contributed by atoms with van der Waals surface area (Å²) in [5.41, 5.74) is 1.11. The van der Waals surface area contributed by atoms with Gasteiger partial charge in [-0.05, 0) is 43.7 Å². The molecular weight excluding hydrogens is 298 g/mol. The number of hydrogen-bond donors (Lipinski definition) is 1. The molecule has 1 aromatic heterocycles. The van der Waals surface area contributed by atoms with Gasteiger partial charge in [0.05, 0.1) is 0 Å². The average molecular weight is 323 g/mol. The van der Waals surface area contributed by atoms with E-state index in [2.05, 4.69) is 19.2 Å². The Morgan fingerprint density at radius 1 is 1.36 bits per heavy atom. The Bertz CT molecular complexity index is 538. The van der Waals surface area contributed by atoms with Gasteiger partial charge in [-0.2, -0.15) is 0 Å². The fourth-order valence-electron chi connectivity index (χ4n) is 2.95. The molecule has 22 heavy (non-hydrogen) atoms. The van der Waals surface area contributed by atoms with E-state index in [4.69, 9.17) is 4.74 Å². The van der Waals surface area contributed by atoms with Gasteiger partial charge in [0.1, 0.15) is 4.88 Å². The highest BCUT2D eigenvalue weighted by molar-refractivity contribution is 7.14. The van der Waals surface area contributed by atoms with Gasteiger partial charge in [0.2, 0.25) is 0 Å². The topological polar surface area (TPSA) is 55.4 Å². The molecule has 0 aliphatic heterocycles. The Balaban J connectivity index is 1.81. The van der Waals surface area contributed by atoms with Crippen molar-refractivity contribution in [2.75, 3.05) is 6.61 Å². The van der Waals surface area contributed by atoms with E-state index >= 15 is 0 Å². The predicted octanol–water partition coefficient (Wildman–Crippen LogP) is 3.47. The number of carbonyl (C=O) groups is 2. The van der Waals surface area contributed by atoms with Crippen molar-refractivity contribution in [2.24, 2.45) is 5.92 Å². The maximum absolute atomic E-state index is 12.0. The molecule has 1 heterocycles. The van der Waals surface area contributed by atoms with Crippen molar-refractivity contribution in [1.29, 1.82) is 0 Å². The van der Waals surface area contributed by atoms with Crippen LogP contribution in [0.25, 0.3) is 0 Å². The van der Waals surface area contributed by atoms with E-state index < -0.39 is 5.97 Å². The molecular formula is C17H25NO3S. The van der Waals surface area contributed by atoms with Crippen LogP contribution < -0.4 is 5.32 Å². The van der Waals surface area contributed by atoms with Gasteiger partial charge >= 0.3 is 5.97 Å². The molecule has 4 nitrogen and oxygen atoms in total. The first-order valence-electron chi connectivity index (χ1n) is 8.07. The van der Waals surface area contributed by atoms with Gasteiger partial charge in [-0.25, -0.2) is 4.79 Å². The molecule has 2 rings (SSSR count). The normalized spacial score (nSPS) is 21.4. The lowest BCUT2D eigenvalue weighted by molar-refractivity contribution is -0.125. The van der Waals surface area contributed by atoms with E-state index in [9.17, 15) is 9.59 Å². The maximum atomic E-state index is 12.0. The summed E-state index contributed by atoms with van der Waals surface area (Å²) in [7, 11) is 0. The third kappa shape index (κ3) is 4.32. The Kier molecular flexibility index (Phi) is 6.00. The smallest absolute Gasteiger partial charge is 0.348 e. The summed E-state index contributed by atoms with van der Waals surface area (Å²) < 4.78 is 5.14. The van der Waals surface area contributed by atoms with Crippen LogP contribution in [0, 0.1) is 12.8 Å². The number of rotatable bonds is 5. The molecule has 0 aromatic carbocycles. The van der Waals surface area contributed by atoms with Crippen molar-refractivity contribution in [3.63, 3.8) is 0 Å². The zero-order chi connectivity index (χ0) is 16.1. The molecule has 122 valence electrons. The molecule has 0 unspecified atom stereocenters. The Morgan fingerprint density at radius 2 is 2.09 bits per heavy atom. The van der Waals surface area contributed by atoms with Gasteiger partial charge < -0.3 is 10.1 Å². The van der Waals surface area contributed by atoms with Gasteiger partial charge in [-0.1, -0.05) is 26.7 Å². The number of carbonyl (C=O) groups excluding carboxylic acids is 2. The van der Waals surface area contributed by atoms with E-state index in [-0.39, 0.29) is 18.6 Å². The second kappa shape index (κ2) is 7.77. The van der Waals surface area contributed by atoms with Gasteiger partial charge in [0.25, 0.3) is 5.91 Å². The van der Waals surface area contributed by atoms with Crippen LogP contribution in [0.3, 0.4) is 0 Å². The highest BCUT2D eigenvalue weighted by Gasteiger charge is 2.23.